The van der Waals surface area contributed by atoms with Gasteiger partial charge in [0.2, 0.25) is 5.91 Å². The van der Waals surface area contributed by atoms with Crippen LogP contribution < -0.4 is 26.8 Å². The van der Waals surface area contributed by atoms with Crippen molar-refractivity contribution < 1.29 is 9.59 Å². The van der Waals surface area contributed by atoms with Gasteiger partial charge in [-0.2, -0.15) is 0 Å². The molecule has 7 nitrogen and oxygen atoms in total. The van der Waals surface area contributed by atoms with Gasteiger partial charge in [0.25, 0.3) is 0 Å². The maximum Gasteiger partial charge on any atom is 0.315 e. The van der Waals surface area contributed by atoms with Crippen molar-refractivity contribution >= 4 is 17.6 Å². The van der Waals surface area contributed by atoms with Gasteiger partial charge in [0.1, 0.15) is 0 Å². The zero-order valence-corrected chi connectivity index (χ0v) is 12.5. The van der Waals surface area contributed by atoms with Crippen LogP contribution in [-0.2, 0) is 11.2 Å². The van der Waals surface area contributed by atoms with Crippen molar-refractivity contribution in [1.82, 2.24) is 21.5 Å². The summed E-state index contributed by atoms with van der Waals surface area (Å²) < 4.78 is 0. The largest absolute Gasteiger partial charge is 0.337 e. The smallest absolute Gasteiger partial charge is 0.315 e. The SMILES string of the molecule is CC(NC(=O)NCC1CCNN1)c1ccc2c(c1)CC(=O)N2. The van der Waals surface area contributed by atoms with E-state index in [2.05, 4.69) is 26.8 Å². The second-order valence-electron chi connectivity index (χ2n) is 5.77. The molecular weight excluding hydrogens is 282 g/mol. The average Bonchev–Trinajstić information content (AvgIpc) is 3.12. The van der Waals surface area contributed by atoms with Crippen LogP contribution in [0.2, 0.25) is 0 Å². The average molecular weight is 303 g/mol. The first-order valence-electron chi connectivity index (χ1n) is 7.57. The van der Waals surface area contributed by atoms with E-state index in [9.17, 15) is 9.59 Å². The first-order chi connectivity index (χ1) is 10.6. The lowest BCUT2D eigenvalue weighted by Gasteiger charge is -2.17. The first kappa shape index (κ1) is 14.8. The van der Waals surface area contributed by atoms with Gasteiger partial charge in [-0.25, -0.2) is 4.79 Å². The molecule has 0 aromatic heterocycles. The molecular formula is C15H21N5O2. The number of carbonyl (C=O) groups excluding carboxylic acids is 2. The maximum absolute atomic E-state index is 11.9. The minimum absolute atomic E-state index is 0.0168. The molecule has 1 saturated heterocycles. The third kappa shape index (κ3) is 3.37. The summed E-state index contributed by atoms with van der Waals surface area (Å²) in [5, 5.41) is 8.59. The molecule has 5 N–H and O–H groups in total. The van der Waals surface area contributed by atoms with Crippen LogP contribution >= 0.6 is 0 Å². The Labute approximate surface area is 129 Å². The van der Waals surface area contributed by atoms with Crippen LogP contribution in [0, 0.1) is 0 Å². The molecule has 2 atom stereocenters. The Hall–Kier alpha value is -2.12. The summed E-state index contributed by atoms with van der Waals surface area (Å²) in [6, 6.07) is 5.77. The molecule has 2 aliphatic heterocycles. The van der Waals surface area contributed by atoms with E-state index >= 15 is 0 Å². The Bertz CT molecular complexity index is 583. The van der Waals surface area contributed by atoms with Gasteiger partial charge in [-0.3, -0.25) is 15.6 Å². The Morgan fingerprint density at radius 2 is 2.32 bits per heavy atom. The highest BCUT2D eigenvalue weighted by Gasteiger charge is 2.20. The molecule has 118 valence electrons. The second-order valence-corrected chi connectivity index (χ2v) is 5.77. The minimum atomic E-state index is -0.184. The van der Waals surface area contributed by atoms with Gasteiger partial charge in [-0.15, -0.1) is 0 Å². The molecule has 2 unspecified atom stereocenters. The standard InChI is InChI=1S/C15H21N5O2/c1-9(18-15(22)16-8-12-4-5-17-20-12)10-2-3-13-11(6-10)7-14(21)19-13/h2-3,6,9,12,17,20H,4-5,7-8H2,1H3,(H,19,21)(H2,16,18,22). The fraction of sp³-hybridized carbons (Fsp3) is 0.467. The van der Waals surface area contributed by atoms with Gasteiger partial charge in [0.05, 0.1) is 12.5 Å². The molecule has 0 saturated carbocycles. The van der Waals surface area contributed by atoms with E-state index in [4.69, 9.17) is 0 Å². The van der Waals surface area contributed by atoms with Crippen LogP contribution in [0.5, 0.6) is 0 Å². The van der Waals surface area contributed by atoms with E-state index < -0.39 is 0 Å². The van der Waals surface area contributed by atoms with Crippen molar-refractivity contribution in [3.8, 4) is 0 Å². The Morgan fingerprint density at radius 1 is 1.45 bits per heavy atom. The third-order valence-corrected chi connectivity index (χ3v) is 4.04. The molecule has 0 bridgehead atoms. The van der Waals surface area contributed by atoms with Crippen LogP contribution in [0.4, 0.5) is 10.5 Å². The highest BCUT2D eigenvalue weighted by molar-refractivity contribution is 5.99. The molecule has 0 aliphatic carbocycles. The maximum atomic E-state index is 11.9. The van der Waals surface area contributed by atoms with E-state index in [1.165, 1.54) is 0 Å². The van der Waals surface area contributed by atoms with Crippen LogP contribution in [-0.4, -0.2) is 31.1 Å². The number of anilines is 1. The van der Waals surface area contributed by atoms with Gasteiger partial charge < -0.3 is 16.0 Å². The number of hydrogen-bond acceptors (Lipinski definition) is 4. The Kier molecular flexibility index (Phi) is 4.26. The molecule has 1 aromatic rings. The monoisotopic (exact) mass is 303 g/mol. The van der Waals surface area contributed by atoms with Crippen LogP contribution in [0.25, 0.3) is 0 Å². The number of urea groups is 1. The number of hydrazine groups is 1. The normalized spacial score (nSPS) is 21.1. The lowest BCUT2D eigenvalue weighted by Crippen LogP contribution is -2.44. The van der Waals surface area contributed by atoms with Crippen molar-refractivity contribution in [3.05, 3.63) is 29.3 Å². The molecule has 0 radical (unpaired) electrons. The van der Waals surface area contributed by atoms with Gasteiger partial charge in [0.15, 0.2) is 0 Å². The minimum Gasteiger partial charge on any atom is -0.337 e. The lowest BCUT2D eigenvalue weighted by atomic mass is 10.0. The predicted octanol–water partition coefficient (Wildman–Crippen LogP) is 0.408. The van der Waals surface area contributed by atoms with Crippen LogP contribution in [0.15, 0.2) is 18.2 Å². The fourth-order valence-electron chi connectivity index (χ4n) is 2.75. The first-order valence-corrected chi connectivity index (χ1v) is 7.57. The summed E-state index contributed by atoms with van der Waals surface area (Å²) in [6.45, 7) is 3.45. The van der Waals surface area contributed by atoms with Crippen molar-refractivity contribution in [2.45, 2.75) is 31.8 Å². The van der Waals surface area contributed by atoms with Gasteiger partial charge in [-0.1, -0.05) is 12.1 Å². The highest BCUT2D eigenvalue weighted by atomic mass is 16.2. The Balaban J connectivity index is 1.53. The molecule has 22 heavy (non-hydrogen) atoms. The Morgan fingerprint density at radius 3 is 3.09 bits per heavy atom. The number of benzene rings is 1. The molecule has 2 aliphatic rings. The molecule has 7 heteroatoms. The number of amides is 3. The molecule has 0 spiro atoms. The van der Waals surface area contributed by atoms with Crippen molar-refractivity contribution in [1.29, 1.82) is 0 Å². The summed E-state index contributed by atoms with van der Waals surface area (Å²) >= 11 is 0. The zero-order valence-electron chi connectivity index (χ0n) is 12.5. The van der Waals surface area contributed by atoms with E-state index in [-0.39, 0.29) is 24.0 Å². The van der Waals surface area contributed by atoms with Crippen molar-refractivity contribution in [2.24, 2.45) is 0 Å². The van der Waals surface area contributed by atoms with Gasteiger partial charge >= 0.3 is 6.03 Å². The summed E-state index contributed by atoms with van der Waals surface area (Å²) in [6.07, 6.45) is 1.41. The second kappa shape index (κ2) is 6.33. The number of rotatable bonds is 4. The molecule has 3 amide bonds. The number of fused-ring (bicyclic) bond motifs is 1. The van der Waals surface area contributed by atoms with E-state index in [1.54, 1.807) is 0 Å². The summed E-state index contributed by atoms with van der Waals surface area (Å²) in [4.78, 5) is 23.3. The van der Waals surface area contributed by atoms with Gasteiger partial charge in [-0.05, 0) is 30.5 Å². The summed E-state index contributed by atoms with van der Waals surface area (Å²) in [5.41, 5.74) is 8.97. The molecule has 1 aromatic carbocycles. The zero-order chi connectivity index (χ0) is 15.5. The number of hydrogen-bond donors (Lipinski definition) is 5. The third-order valence-electron chi connectivity index (χ3n) is 4.04. The van der Waals surface area contributed by atoms with Crippen LogP contribution in [0.1, 0.15) is 30.5 Å². The quantitative estimate of drug-likeness (QED) is 0.557. The molecule has 2 heterocycles. The van der Waals surface area contributed by atoms with Crippen molar-refractivity contribution in [2.75, 3.05) is 18.4 Å². The van der Waals surface area contributed by atoms with E-state index in [0.29, 0.717) is 13.0 Å². The number of carbonyl (C=O) groups is 2. The molecule has 3 rings (SSSR count). The highest BCUT2D eigenvalue weighted by Crippen LogP contribution is 2.26. The summed E-state index contributed by atoms with van der Waals surface area (Å²) in [5.74, 6) is 0.0168. The molecule has 1 fully saturated rings. The van der Waals surface area contributed by atoms with Crippen LogP contribution in [0.3, 0.4) is 0 Å². The topological polar surface area (TPSA) is 94.3 Å². The number of nitrogens with one attached hydrogen (secondary N) is 5. The summed E-state index contributed by atoms with van der Waals surface area (Å²) in [7, 11) is 0. The van der Waals surface area contributed by atoms with Crippen molar-refractivity contribution in [3.63, 3.8) is 0 Å². The fourth-order valence-corrected chi connectivity index (χ4v) is 2.75. The van der Waals surface area contributed by atoms with Gasteiger partial charge in [0, 0.05) is 24.8 Å². The van der Waals surface area contributed by atoms with E-state index in [0.717, 1.165) is 29.8 Å². The lowest BCUT2D eigenvalue weighted by molar-refractivity contribution is -0.115. The van der Waals surface area contributed by atoms with E-state index in [1.807, 2.05) is 25.1 Å². The predicted molar refractivity (Wildman–Crippen MR) is 83.3 cm³/mol.